The summed E-state index contributed by atoms with van der Waals surface area (Å²) in [7, 11) is 0. The summed E-state index contributed by atoms with van der Waals surface area (Å²) in [5.41, 5.74) is 2.35. The molecule has 140 valence electrons. The Kier molecular flexibility index (Phi) is 6.15. The number of likely N-dealkylation sites (tertiary alicyclic amines) is 2. The number of hydrogen-bond donors (Lipinski definition) is 0. The highest BCUT2D eigenvalue weighted by molar-refractivity contribution is 5.76. The van der Waals surface area contributed by atoms with Crippen LogP contribution in [0.3, 0.4) is 0 Å². The van der Waals surface area contributed by atoms with Gasteiger partial charge in [-0.1, -0.05) is 0 Å². The van der Waals surface area contributed by atoms with E-state index in [1.165, 1.54) is 31.4 Å². The highest BCUT2D eigenvalue weighted by Crippen LogP contribution is 2.24. The molecule has 0 radical (unpaired) electrons. The second-order valence-electron chi connectivity index (χ2n) is 8.06. The number of amides is 1. The lowest BCUT2D eigenvalue weighted by Gasteiger charge is -2.36. The second-order valence-corrected chi connectivity index (χ2v) is 8.06. The van der Waals surface area contributed by atoms with E-state index in [1.54, 1.807) is 0 Å². The predicted molar refractivity (Wildman–Crippen MR) is 101 cm³/mol. The first-order valence-corrected chi connectivity index (χ1v) is 10.1. The van der Waals surface area contributed by atoms with E-state index in [-0.39, 0.29) is 0 Å². The summed E-state index contributed by atoms with van der Waals surface area (Å²) in [6.07, 6.45) is 6.68. The molecular weight excluding hydrogens is 312 g/mol. The van der Waals surface area contributed by atoms with E-state index in [2.05, 4.69) is 46.4 Å². The molecule has 0 N–H and O–H groups in total. The number of carbonyl (C=O) groups excluding carboxylic acids is 1. The van der Waals surface area contributed by atoms with Gasteiger partial charge in [-0.05, 0) is 77.9 Å². The Morgan fingerprint density at radius 3 is 2.48 bits per heavy atom. The summed E-state index contributed by atoms with van der Waals surface area (Å²) in [6.45, 7) is 11.8. The maximum Gasteiger partial charge on any atom is 0.222 e. The normalized spacial score (nSPS) is 21.0. The van der Waals surface area contributed by atoms with E-state index in [0.717, 1.165) is 57.2 Å². The highest BCUT2D eigenvalue weighted by Gasteiger charge is 2.25. The third kappa shape index (κ3) is 4.84. The summed E-state index contributed by atoms with van der Waals surface area (Å²) in [5.74, 6) is 1.11. The van der Waals surface area contributed by atoms with Crippen LogP contribution in [0.1, 0.15) is 56.8 Å². The number of nitrogens with zero attached hydrogens (tertiary/aromatic N) is 4. The van der Waals surface area contributed by atoms with Crippen molar-refractivity contribution in [1.29, 1.82) is 0 Å². The number of aromatic nitrogens is 2. The number of rotatable bonds is 6. The number of hydrogen-bond acceptors (Lipinski definition) is 3. The SMILES string of the molecule is Cc1cc(C)n(C[C@H](C)N2CCC(CCC(=O)N3CCCC3)CC2)n1. The molecule has 3 heterocycles. The Morgan fingerprint density at radius 2 is 1.88 bits per heavy atom. The van der Waals surface area contributed by atoms with Gasteiger partial charge in [0, 0.05) is 31.2 Å². The zero-order valence-corrected chi connectivity index (χ0v) is 16.2. The molecular formula is C20H34N4O. The maximum atomic E-state index is 12.2. The monoisotopic (exact) mass is 346 g/mol. The van der Waals surface area contributed by atoms with Gasteiger partial charge >= 0.3 is 0 Å². The first-order valence-electron chi connectivity index (χ1n) is 10.1. The Balaban J connectivity index is 1.39. The number of piperidine rings is 1. The molecule has 0 unspecified atom stereocenters. The van der Waals surface area contributed by atoms with Crippen LogP contribution in [0.4, 0.5) is 0 Å². The number of carbonyl (C=O) groups is 1. The molecule has 2 aliphatic rings. The van der Waals surface area contributed by atoms with Crippen molar-refractivity contribution in [3.63, 3.8) is 0 Å². The van der Waals surface area contributed by atoms with Gasteiger partial charge < -0.3 is 4.90 Å². The van der Waals surface area contributed by atoms with Crippen LogP contribution in [0.2, 0.25) is 0 Å². The first-order chi connectivity index (χ1) is 12.0. The van der Waals surface area contributed by atoms with E-state index in [4.69, 9.17) is 0 Å². The third-order valence-electron chi connectivity index (χ3n) is 6.04. The van der Waals surface area contributed by atoms with Gasteiger partial charge in [-0.2, -0.15) is 5.10 Å². The molecule has 5 heteroatoms. The van der Waals surface area contributed by atoms with Crippen LogP contribution < -0.4 is 0 Å². The minimum atomic E-state index is 0.387. The van der Waals surface area contributed by atoms with Gasteiger partial charge in [-0.15, -0.1) is 0 Å². The van der Waals surface area contributed by atoms with E-state index < -0.39 is 0 Å². The minimum Gasteiger partial charge on any atom is -0.343 e. The lowest BCUT2D eigenvalue weighted by Crippen LogP contribution is -2.42. The molecule has 1 atom stereocenters. The zero-order chi connectivity index (χ0) is 17.8. The molecule has 2 aliphatic heterocycles. The van der Waals surface area contributed by atoms with Crippen LogP contribution in [-0.2, 0) is 11.3 Å². The lowest BCUT2D eigenvalue weighted by atomic mass is 9.91. The number of aryl methyl sites for hydroxylation is 2. The van der Waals surface area contributed by atoms with Gasteiger partial charge in [-0.25, -0.2) is 0 Å². The van der Waals surface area contributed by atoms with Crippen molar-refractivity contribution in [2.75, 3.05) is 26.2 Å². The van der Waals surface area contributed by atoms with Gasteiger partial charge in [0.05, 0.1) is 12.2 Å². The molecule has 3 rings (SSSR count). The van der Waals surface area contributed by atoms with E-state index in [9.17, 15) is 4.79 Å². The molecule has 5 nitrogen and oxygen atoms in total. The largest absolute Gasteiger partial charge is 0.343 e. The van der Waals surface area contributed by atoms with Crippen molar-refractivity contribution in [3.8, 4) is 0 Å². The van der Waals surface area contributed by atoms with Crippen molar-refractivity contribution in [3.05, 3.63) is 17.5 Å². The molecule has 1 aromatic heterocycles. The van der Waals surface area contributed by atoms with Crippen LogP contribution >= 0.6 is 0 Å². The second kappa shape index (κ2) is 8.35. The Hall–Kier alpha value is -1.36. The van der Waals surface area contributed by atoms with E-state index >= 15 is 0 Å². The molecule has 0 aromatic carbocycles. The molecule has 2 fully saturated rings. The van der Waals surface area contributed by atoms with E-state index in [0.29, 0.717) is 11.9 Å². The van der Waals surface area contributed by atoms with Gasteiger partial charge in [-0.3, -0.25) is 14.4 Å². The Morgan fingerprint density at radius 1 is 1.20 bits per heavy atom. The average Bonchev–Trinajstić information content (AvgIpc) is 3.23. The van der Waals surface area contributed by atoms with Crippen LogP contribution in [-0.4, -0.2) is 57.7 Å². The van der Waals surface area contributed by atoms with Crippen molar-refractivity contribution in [2.24, 2.45) is 5.92 Å². The van der Waals surface area contributed by atoms with Crippen LogP contribution in [0.25, 0.3) is 0 Å². The topological polar surface area (TPSA) is 41.4 Å². The van der Waals surface area contributed by atoms with Crippen molar-refractivity contribution < 1.29 is 4.79 Å². The highest BCUT2D eigenvalue weighted by atomic mass is 16.2. The molecule has 0 spiro atoms. The smallest absolute Gasteiger partial charge is 0.222 e. The predicted octanol–water partition coefficient (Wildman–Crippen LogP) is 3.00. The lowest BCUT2D eigenvalue weighted by molar-refractivity contribution is -0.130. The van der Waals surface area contributed by atoms with Crippen molar-refractivity contribution >= 4 is 5.91 Å². The summed E-state index contributed by atoms with van der Waals surface area (Å²) in [5, 5.41) is 4.59. The fourth-order valence-electron chi connectivity index (χ4n) is 4.36. The fourth-order valence-corrected chi connectivity index (χ4v) is 4.36. The van der Waals surface area contributed by atoms with E-state index in [1.807, 2.05) is 0 Å². The molecule has 2 saturated heterocycles. The maximum absolute atomic E-state index is 12.2. The van der Waals surface area contributed by atoms with Crippen LogP contribution in [0, 0.1) is 19.8 Å². The zero-order valence-electron chi connectivity index (χ0n) is 16.2. The van der Waals surface area contributed by atoms with Gasteiger partial charge in [0.1, 0.15) is 0 Å². The molecule has 0 saturated carbocycles. The standard InChI is InChI=1S/C20H34N4O/c1-16-14-17(2)24(21-16)15-18(3)22-12-8-19(9-13-22)6-7-20(25)23-10-4-5-11-23/h14,18-19H,4-13,15H2,1-3H3/t18-/m0/s1. The molecule has 0 bridgehead atoms. The summed E-state index contributed by atoms with van der Waals surface area (Å²) in [6, 6.07) is 2.67. The average molecular weight is 347 g/mol. The van der Waals surface area contributed by atoms with Gasteiger partial charge in [0.25, 0.3) is 0 Å². The quantitative estimate of drug-likeness (QED) is 0.795. The third-order valence-corrected chi connectivity index (χ3v) is 6.04. The first kappa shape index (κ1) is 18.4. The van der Waals surface area contributed by atoms with Gasteiger partial charge in [0.2, 0.25) is 5.91 Å². The van der Waals surface area contributed by atoms with Crippen molar-refractivity contribution in [1.82, 2.24) is 19.6 Å². The van der Waals surface area contributed by atoms with Gasteiger partial charge in [0.15, 0.2) is 0 Å². The Labute approximate surface area is 152 Å². The summed E-state index contributed by atoms with van der Waals surface area (Å²) < 4.78 is 2.14. The molecule has 25 heavy (non-hydrogen) atoms. The van der Waals surface area contributed by atoms with Crippen LogP contribution in [0.5, 0.6) is 0 Å². The summed E-state index contributed by atoms with van der Waals surface area (Å²) >= 11 is 0. The van der Waals surface area contributed by atoms with Crippen molar-refractivity contribution in [2.45, 2.75) is 71.9 Å². The molecule has 0 aliphatic carbocycles. The Bertz CT molecular complexity index is 568. The minimum absolute atomic E-state index is 0.387. The fraction of sp³-hybridized carbons (Fsp3) is 0.800. The molecule has 1 amide bonds. The van der Waals surface area contributed by atoms with Crippen LogP contribution in [0.15, 0.2) is 6.07 Å². The molecule has 1 aromatic rings. The summed E-state index contributed by atoms with van der Waals surface area (Å²) in [4.78, 5) is 16.9.